The molecule has 0 saturated carbocycles. The van der Waals surface area contributed by atoms with E-state index < -0.39 is 7.26 Å². The average Bonchev–Trinajstić information content (AvgIpc) is 2.65. The van der Waals surface area contributed by atoms with Gasteiger partial charge in [0.1, 0.15) is 0 Å². The van der Waals surface area contributed by atoms with E-state index in [-0.39, 0.29) is 0 Å². The molecule has 0 bridgehead atoms. The van der Waals surface area contributed by atoms with Crippen molar-refractivity contribution in [3.63, 3.8) is 0 Å². The molecule has 0 aromatic heterocycles. The van der Waals surface area contributed by atoms with Crippen LogP contribution >= 0.6 is 7.26 Å². The maximum atomic E-state index is 3.84. The third-order valence-corrected chi connectivity index (χ3v) is 9.89. The van der Waals surface area contributed by atoms with Gasteiger partial charge in [0.15, 0.2) is 0 Å². The fraction of sp³-hybridized carbons (Fsp3) is 0.217. The van der Waals surface area contributed by atoms with Crippen LogP contribution in [0.25, 0.3) is 0 Å². The minimum absolute atomic E-state index is 0.914. The van der Waals surface area contributed by atoms with E-state index in [1.54, 1.807) is 0 Å². The van der Waals surface area contributed by atoms with Crippen molar-refractivity contribution in [3.8, 4) is 0 Å². The second-order valence-electron chi connectivity index (χ2n) is 6.06. The van der Waals surface area contributed by atoms with Crippen LogP contribution in [0.4, 0.5) is 0 Å². The van der Waals surface area contributed by atoms with Crippen molar-refractivity contribution in [1.82, 2.24) is 0 Å². The van der Waals surface area contributed by atoms with Crippen molar-refractivity contribution in [1.29, 1.82) is 0 Å². The van der Waals surface area contributed by atoms with Crippen LogP contribution in [0.1, 0.15) is 26.7 Å². The number of benzene rings is 2. The Kier molecular flexibility index (Phi) is 7.22. The fourth-order valence-electron chi connectivity index (χ4n) is 3.53. The van der Waals surface area contributed by atoms with Crippen molar-refractivity contribution < 1.29 is 0 Å². The molecule has 0 radical (unpaired) electrons. The Morgan fingerprint density at radius 1 is 0.958 bits per heavy atom. The van der Waals surface area contributed by atoms with Gasteiger partial charge in [0, 0.05) is 0 Å². The Labute approximate surface area is 148 Å². The summed E-state index contributed by atoms with van der Waals surface area (Å²) in [5.41, 5.74) is 0. The molecule has 0 heterocycles. The van der Waals surface area contributed by atoms with Gasteiger partial charge in [-0.2, -0.15) is 0 Å². The van der Waals surface area contributed by atoms with Gasteiger partial charge in [0.05, 0.1) is 0 Å². The van der Waals surface area contributed by atoms with Gasteiger partial charge in [-0.25, -0.2) is 0 Å². The predicted octanol–water partition coefficient (Wildman–Crippen LogP) is 5.83. The zero-order valence-corrected chi connectivity index (χ0v) is 15.9. The average molecular weight is 336 g/mol. The zero-order valence-electron chi connectivity index (χ0n) is 14.9. The molecule has 0 N–H and O–H groups in total. The summed E-state index contributed by atoms with van der Waals surface area (Å²) in [4.78, 5) is 0. The summed E-state index contributed by atoms with van der Waals surface area (Å²) in [6.07, 6.45) is 12.2. The van der Waals surface area contributed by atoms with E-state index in [4.69, 9.17) is 0 Å². The van der Waals surface area contributed by atoms with Crippen molar-refractivity contribution in [2.24, 2.45) is 0 Å². The number of hydrogen-bond donors (Lipinski definition) is 0. The number of allylic oxidation sites excluding steroid dienone is 5. The van der Waals surface area contributed by atoms with Crippen molar-refractivity contribution in [2.45, 2.75) is 26.7 Å². The Balaban J connectivity index is 2.69. The first-order valence-corrected chi connectivity index (χ1v) is 11.1. The molecule has 2 rings (SSSR count). The Morgan fingerprint density at radius 3 is 1.92 bits per heavy atom. The summed E-state index contributed by atoms with van der Waals surface area (Å²) < 4.78 is 0. The van der Waals surface area contributed by atoms with Crippen LogP contribution in [0.2, 0.25) is 0 Å². The van der Waals surface area contributed by atoms with E-state index in [1.165, 1.54) is 28.5 Å². The second-order valence-corrected chi connectivity index (χ2v) is 10.1. The Hall–Kier alpha value is -1.91. The number of rotatable bonds is 8. The van der Waals surface area contributed by atoms with Crippen LogP contribution in [-0.2, 0) is 0 Å². The summed E-state index contributed by atoms with van der Waals surface area (Å²) in [7, 11) is -1.99. The van der Waals surface area contributed by atoms with E-state index in [1.807, 2.05) is 6.08 Å². The molecule has 0 fully saturated rings. The quantitative estimate of drug-likeness (QED) is 0.323. The summed E-state index contributed by atoms with van der Waals surface area (Å²) in [6, 6.07) is 22.2. The van der Waals surface area contributed by atoms with Crippen LogP contribution in [0.3, 0.4) is 0 Å². The standard InChI is InChI=1S/C23H29P/c1-4-7-10-15-21(6-3)24(20-5-2,22-16-11-8-12-17-22)23-18-13-9-14-19-23/h4,6,8-19,24H,1,5,7,20H2,2-3H3/b15-10-,21-6+. The van der Waals surface area contributed by atoms with Gasteiger partial charge < -0.3 is 0 Å². The molecule has 24 heavy (non-hydrogen) atoms. The topological polar surface area (TPSA) is 0 Å². The maximum absolute atomic E-state index is 3.84. The van der Waals surface area contributed by atoms with Crippen LogP contribution < -0.4 is 10.6 Å². The molecule has 0 nitrogen and oxygen atoms in total. The first-order valence-electron chi connectivity index (χ1n) is 8.84. The molecule has 1 heteroatoms. The van der Waals surface area contributed by atoms with Crippen LogP contribution in [0.5, 0.6) is 0 Å². The Bertz CT molecular complexity index is 641. The molecule has 126 valence electrons. The third-order valence-electron chi connectivity index (χ3n) is 4.56. The minimum atomic E-state index is -1.99. The second kappa shape index (κ2) is 9.40. The van der Waals surface area contributed by atoms with Crippen molar-refractivity contribution in [3.05, 3.63) is 96.9 Å². The van der Waals surface area contributed by atoms with Gasteiger partial charge in [0.2, 0.25) is 0 Å². The molecular formula is C23H29P. The van der Waals surface area contributed by atoms with Crippen LogP contribution in [0.15, 0.2) is 96.9 Å². The summed E-state index contributed by atoms with van der Waals surface area (Å²) in [5.74, 6) is 0. The van der Waals surface area contributed by atoms with Crippen molar-refractivity contribution in [2.75, 3.05) is 6.16 Å². The molecule has 0 amide bonds. The first-order chi connectivity index (χ1) is 11.8. The molecule has 2 aromatic carbocycles. The summed E-state index contributed by atoms with van der Waals surface area (Å²) in [6.45, 7) is 8.32. The molecule has 0 saturated heterocycles. The SMILES string of the molecule is C=CC/C=C\C(=C/C)[PH](CCC)(c1ccccc1)c1ccccc1. The van der Waals surface area contributed by atoms with E-state index >= 15 is 0 Å². The predicted molar refractivity (Wildman–Crippen MR) is 113 cm³/mol. The molecule has 0 aliphatic carbocycles. The van der Waals surface area contributed by atoms with Gasteiger partial charge in [-0.1, -0.05) is 0 Å². The third kappa shape index (κ3) is 3.94. The van der Waals surface area contributed by atoms with Gasteiger partial charge in [-0.05, 0) is 0 Å². The van der Waals surface area contributed by atoms with E-state index in [0.717, 1.165) is 6.42 Å². The van der Waals surface area contributed by atoms with Gasteiger partial charge in [-0.3, -0.25) is 0 Å². The van der Waals surface area contributed by atoms with E-state index in [0.29, 0.717) is 0 Å². The Morgan fingerprint density at radius 2 is 1.50 bits per heavy atom. The molecule has 0 spiro atoms. The molecule has 2 aromatic rings. The zero-order chi connectivity index (χ0) is 17.3. The number of hydrogen-bond acceptors (Lipinski definition) is 0. The first kappa shape index (κ1) is 18.4. The normalized spacial score (nSPS) is 13.2. The fourth-order valence-corrected chi connectivity index (χ4v) is 8.56. The monoisotopic (exact) mass is 336 g/mol. The molecule has 0 unspecified atom stereocenters. The van der Waals surface area contributed by atoms with Crippen LogP contribution in [0, 0.1) is 0 Å². The van der Waals surface area contributed by atoms with E-state index in [2.05, 4.69) is 99.3 Å². The van der Waals surface area contributed by atoms with Gasteiger partial charge in [0.25, 0.3) is 0 Å². The molecular weight excluding hydrogens is 307 g/mol. The molecule has 0 aliphatic heterocycles. The van der Waals surface area contributed by atoms with Crippen molar-refractivity contribution >= 4 is 17.9 Å². The van der Waals surface area contributed by atoms with Crippen LogP contribution in [-0.4, -0.2) is 6.16 Å². The summed E-state index contributed by atoms with van der Waals surface area (Å²) in [5, 5.41) is 4.48. The van der Waals surface area contributed by atoms with Gasteiger partial charge >= 0.3 is 148 Å². The van der Waals surface area contributed by atoms with E-state index in [9.17, 15) is 0 Å². The molecule has 0 aliphatic rings. The molecule has 0 atom stereocenters. The van der Waals surface area contributed by atoms with Gasteiger partial charge in [-0.15, -0.1) is 0 Å². The summed E-state index contributed by atoms with van der Waals surface area (Å²) >= 11 is 0.